The van der Waals surface area contributed by atoms with Crippen molar-refractivity contribution in [3.8, 4) is 5.75 Å². The number of anilines is 2. The lowest BCUT2D eigenvalue weighted by atomic mass is 10.2. The average molecular weight is 311 g/mol. The molecule has 2 amide bonds. The molecule has 0 aromatic heterocycles. The number of amides is 2. The van der Waals surface area contributed by atoms with Crippen LogP contribution >= 0.6 is 0 Å². The van der Waals surface area contributed by atoms with Crippen LogP contribution in [0.5, 0.6) is 5.75 Å². The molecule has 2 heterocycles. The quantitative estimate of drug-likeness (QED) is 0.757. The number of ether oxygens (including phenoxy) is 1. The number of hydrogen-bond acceptors (Lipinski definition) is 5. The summed E-state index contributed by atoms with van der Waals surface area (Å²) in [5.74, 6) is -0.0974. The third-order valence-corrected chi connectivity index (χ3v) is 4.71. The number of nitrogens with one attached hydrogen (secondary N) is 1. The number of carbonyl (C=O) groups is 2. The summed E-state index contributed by atoms with van der Waals surface area (Å²) in [4.78, 5) is 24.6. The number of sulfonamides is 1. The van der Waals surface area contributed by atoms with E-state index in [1.54, 1.807) is 18.2 Å². The van der Waals surface area contributed by atoms with Gasteiger partial charge in [-0.05, 0) is 18.2 Å². The number of rotatable bonds is 2. The molecule has 1 saturated heterocycles. The molecular formula is C12H13N3O5S. The molecule has 0 spiro atoms. The van der Waals surface area contributed by atoms with Crippen LogP contribution in [0.2, 0.25) is 0 Å². The highest BCUT2D eigenvalue weighted by Crippen LogP contribution is 2.33. The molecule has 0 aliphatic carbocycles. The third kappa shape index (κ3) is 2.57. The van der Waals surface area contributed by atoms with Gasteiger partial charge in [-0.3, -0.25) is 9.59 Å². The average Bonchev–Trinajstić information content (AvgIpc) is 2.80. The molecule has 1 unspecified atom stereocenters. The van der Waals surface area contributed by atoms with Gasteiger partial charge in [0.1, 0.15) is 11.0 Å². The van der Waals surface area contributed by atoms with E-state index in [9.17, 15) is 18.0 Å². The van der Waals surface area contributed by atoms with Crippen molar-refractivity contribution in [3.63, 3.8) is 0 Å². The molecule has 3 N–H and O–H groups in total. The summed E-state index contributed by atoms with van der Waals surface area (Å²) < 4.78 is 27.9. The number of nitrogens with two attached hydrogens (primary N) is 1. The molecule has 112 valence electrons. The van der Waals surface area contributed by atoms with Gasteiger partial charge in [-0.15, -0.1) is 0 Å². The third-order valence-electron chi connectivity index (χ3n) is 3.46. The van der Waals surface area contributed by atoms with E-state index in [0.29, 0.717) is 17.1 Å². The van der Waals surface area contributed by atoms with E-state index in [0.717, 1.165) is 0 Å². The van der Waals surface area contributed by atoms with E-state index >= 15 is 0 Å². The first kappa shape index (κ1) is 13.8. The highest BCUT2D eigenvalue weighted by Gasteiger charge is 2.37. The summed E-state index contributed by atoms with van der Waals surface area (Å²) in [6.07, 6.45) is -0.140. The van der Waals surface area contributed by atoms with Crippen LogP contribution in [0.4, 0.5) is 11.4 Å². The van der Waals surface area contributed by atoms with Crippen LogP contribution < -0.4 is 20.1 Å². The molecule has 0 bridgehead atoms. The van der Waals surface area contributed by atoms with E-state index in [2.05, 4.69) is 5.32 Å². The second-order valence-electron chi connectivity index (χ2n) is 4.94. The second kappa shape index (κ2) is 4.71. The number of fused-ring (bicyclic) bond motifs is 1. The van der Waals surface area contributed by atoms with E-state index in [1.165, 1.54) is 4.90 Å². The van der Waals surface area contributed by atoms with Crippen LogP contribution in [0, 0.1) is 0 Å². The molecule has 0 radical (unpaired) electrons. The molecule has 1 aromatic carbocycles. The fraction of sp³-hybridized carbons (Fsp3) is 0.333. The summed E-state index contributed by atoms with van der Waals surface area (Å²) in [7, 11) is -3.76. The minimum atomic E-state index is -3.76. The lowest BCUT2D eigenvalue weighted by Gasteiger charge is -2.22. The lowest BCUT2D eigenvalue weighted by Crippen LogP contribution is -2.32. The SMILES string of the molecule is NS(=O)(=O)C1CC(=O)N(c2ccc3c(c2)NC(=O)CO3)C1. The van der Waals surface area contributed by atoms with Crippen molar-refractivity contribution in [1.82, 2.24) is 0 Å². The summed E-state index contributed by atoms with van der Waals surface area (Å²) in [5, 5.41) is 6.81. The first-order chi connectivity index (χ1) is 9.84. The largest absolute Gasteiger partial charge is 0.482 e. The van der Waals surface area contributed by atoms with Gasteiger partial charge < -0.3 is 15.0 Å². The molecule has 1 aromatic rings. The Morgan fingerprint density at radius 2 is 2.10 bits per heavy atom. The highest BCUT2D eigenvalue weighted by atomic mass is 32.2. The summed E-state index contributed by atoms with van der Waals surface area (Å²) in [6.45, 7) is -0.0479. The van der Waals surface area contributed by atoms with E-state index < -0.39 is 15.3 Å². The van der Waals surface area contributed by atoms with Crippen LogP contribution in [0.25, 0.3) is 0 Å². The van der Waals surface area contributed by atoms with Crippen molar-refractivity contribution in [2.45, 2.75) is 11.7 Å². The van der Waals surface area contributed by atoms with Crippen molar-refractivity contribution in [3.05, 3.63) is 18.2 Å². The summed E-state index contributed by atoms with van der Waals surface area (Å²) in [6, 6.07) is 4.84. The number of nitrogens with zero attached hydrogens (tertiary/aromatic N) is 1. The monoisotopic (exact) mass is 311 g/mol. The zero-order chi connectivity index (χ0) is 15.2. The van der Waals surface area contributed by atoms with Crippen LogP contribution in [0.1, 0.15) is 6.42 Å². The van der Waals surface area contributed by atoms with E-state index in [4.69, 9.17) is 9.88 Å². The van der Waals surface area contributed by atoms with Gasteiger partial charge in [0.2, 0.25) is 15.9 Å². The Morgan fingerprint density at radius 3 is 2.76 bits per heavy atom. The number of primary sulfonamides is 1. The van der Waals surface area contributed by atoms with Gasteiger partial charge in [0.05, 0.1) is 5.69 Å². The predicted molar refractivity (Wildman–Crippen MR) is 74.4 cm³/mol. The molecule has 1 atom stereocenters. The minimum absolute atomic E-state index is 0.00522. The van der Waals surface area contributed by atoms with E-state index in [-0.39, 0.29) is 31.4 Å². The van der Waals surface area contributed by atoms with Crippen molar-refractivity contribution in [1.29, 1.82) is 0 Å². The number of hydrogen-bond donors (Lipinski definition) is 2. The first-order valence-corrected chi connectivity index (χ1v) is 7.84. The van der Waals surface area contributed by atoms with Gasteiger partial charge in [0.15, 0.2) is 6.61 Å². The second-order valence-corrected chi connectivity index (χ2v) is 6.78. The Hall–Kier alpha value is -2.13. The van der Waals surface area contributed by atoms with Crippen LogP contribution in [-0.2, 0) is 19.6 Å². The highest BCUT2D eigenvalue weighted by molar-refractivity contribution is 7.89. The normalized spacial score (nSPS) is 21.8. The molecule has 21 heavy (non-hydrogen) atoms. The molecular weight excluding hydrogens is 298 g/mol. The zero-order valence-corrected chi connectivity index (χ0v) is 11.7. The summed E-state index contributed by atoms with van der Waals surface area (Å²) >= 11 is 0. The Morgan fingerprint density at radius 1 is 1.33 bits per heavy atom. The Balaban J connectivity index is 1.90. The van der Waals surface area contributed by atoms with E-state index in [1.807, 2.05) is 0 Å². The van der Waals surface area contributed by atoms with Gasteiger partial charge in [-0.2, -0.15) is 0 Å². The van der Waals surface area contributed by atoms with Gasteiger partial charge in [0, 0.05) is 18.7 Å². The number of carbonyl (C=O) groups excluding carboxylic acids is 2. The van der Waals surface area contributed by atoms with Crippen molar-refractivity contribution in [2.24, 2.45) is 5.14 Å². The molecule has 2 aliphatic heterocycles. The topological polar surface area (TPSA) is 119 Å². The fourth-order valence-electron chi connectivity index (χ4n) is 2.38. The van der Waals surface area contributed by atoms with Gasteiger partial charge >= 0.3 is 0 Å². The standard InChI is InChI=1S/C12H13N3O5S/c13-21(18,19)8-4-12(17)15(5-8)7-1-2-10-9(3-7)14-11(16)6-20-10/h1-3,8H,4-6H2,(H,14,16)(H2,13,18,19). The molecule has 1 fully saturated rings. The Kier molecular flexibility index (Phi) is 3.10. The fourth-order valence-corrected chi connectivity index (χ4v) is 3.12. The Bertz CT molecular complexity index is 730. The van der Waals surface area contributed by atoms with Crippen molar-refractivity contribution in [2.75, 3.05) is 23.4 Å². The maximum absolute atomic E-state index is 12.0. The molecule has 3 rings (SSSR count). The minimum Gasteiger partial charge on any atom is -0.482 e. The van der Waals surface area contributed by atoms with Crippen LogP contribution in [-0.4, -0.2) is 38.6 Å². The maximum Gasteiger partial charge on any atom is 0.262 e. The lowest BCUT2D eigenvalue weighted by molar-refractivity contribution is -0.118. The van der Waals surface area contributed by atoms with Crippen LogP contribution in [0.15, 0.2) is 18.2 Å². The summed E-state index contributed by atoms with van der Waals surface area (Å²) in [5.41, 5.74) is 0.950. The Labute approximate surface area is 120 Å². The molecule has 2 aliphatic rings. The molecule has 0 saturated carbocycles. The van der Waals surface area contributed by atoms with Crippen molar-refractivity contribution >= 4 is 33.2 Å². The van der Waals surface area contributed by atoms with Gasteiger partial charge in [0.25, 0.3) is 5.91 Å². The van der Waals surface area contributed by atoms with Gasteiger partial charge in [-0.1, -0.05) is 0 Å². The smallest absolute Gasteiger partial charge is 0.262 e. The molecule has 9 heteroatoms. The zero-order valence-electron chi connectivity index (χ0n) is 10.9. The first-order valence-electron chi connectivity index (χ1n) is 6.23. The molecule has 8 nitrogen and oxygen atoms in total. The predicted octanol–water partition coefficient (Wildman–Crippen LogP) is -0.589. The van der Waals surface area contributed by atoms with Gasteiger partial charge in [-0.25, -0.2) is 13.6 Å². The maximum atomic E-state index is 12.0. The number of benzene rings is 1. The van der Waals surface area contributed by atoms with Crippen LogP contribution in [0.3, 0.4) is 0 Å². The van der Waals surface area contributed by atoms with Crippen molar-refractivity contribution < 1.29 is 22.7 Å².